The zero-order chi connectivity index (χ0) is 12.5. The molecule has 0 unspecified atom stereocenters. The number of piperidine rings is 1. The van der Waals surface area contributed by atoms with Crippen molar-refractivity contribution < 1.29 is 4.79 Å². The van der Waals surface area contributed by atoms with E-state index in [1.165, 1.54) is 5.56 Å². The van der Waals surface area contributed by atoms with Gasteiger partial charge in [0.1, 0.15) is 5.78 Å². The Morgan fingerprint density at radius 1 is 1.35 bits per heavy atom. The third kappa shape index (κ3) is 2.96. The van der Waals surface area contributed by atoms with E-state index < -0.39 is 0 Å². The van der Waals surface area contributed by atoms with Crippen molar-refractivity contribution in [3.63, 3.8) is 0 Å². The van der Waals surface area contributed by atoms with E-state index in [-0.39, 0.29) is 5.54 Å². The number of hydrogen-bond acceptors (Lipinski definition) is 2. The SMILES string of the molecule is CC1(C)CCC(=O)CN1Cc1ccccc1Br. The Morgan fingerprint density at radius 3 is 2.76 bits per heavy atom. The van der Waals surface area contributed by atoms with Gasteiger partial charge in [-0.3, -0.25) is 9.69 Å². The summed E-state index contributed by atoms with van der Waals surface area (Å²) in [6.07, 6.45) is 1.68. The predicted octanol–water partition coefficient (Wildman–Crippen LogP) is 3.39. The molecule has 2 nitrogen and oxygen atoms in total. The Kier molecular flexibility index (Phi) is 3.69. The van der Waals surface area contributed by atoms with Crippen LogP contribution in [0.1, 0.15) is 32.3 Å². The van der Waals surface area contributed by atoms with Gasteiger partial charge in [-0.2, -0.15) is 0 Å². The van der Waals surface area contributed by atoms with Crippen molar-refractivity contribution in [1.82, 2.24) is 4.90 Å². The highest BCUT2D eigenvalue weighted by molar-refractivity contribution is 9.10. The standard InChI is InChI=1S/C14H18BrNO/c1-14(2)8-7-12(17)10-16(14)9-11-5-3-4-6-13(11)15/h3-6H,7-10H2,1-2H3. The molecule has 1 aromatic carbocycles. The third-order valence-electron chi connectivity index (χ3n) is 3.56. The average Bonchev–Trinajstić information content (AvgIpc) is 2.27. The predicted molar refractivity (Wildman–Crippen MR) is 72.9 cm³/mol. The molecular formula is C14H18BrNO. The van der Waals surface area contributed by atoms with Gasteiger partial charge in [-0.25, -0.2) is 0 Å². The molecule has 1 heterocycles. The number of nitrogens with zero attached hydrogens (tertiary/aromatic N) is 1. The van der Waals surface area contributed by atoms with Crippen LogP contribution in [0.3, 0.4) is 0 Å². The minimum Gasteiger partial charge on any atom is -0.298 e. The second-order valence-corrected chi connectivity index (χ2v) is 6.15. The topological polar surface area (TPSA) is 20.3 Å². The Balaban J connectivity index is 2.16. The molecule has 1 aliphatic rings. The van der Waals surface area contributed by atoms with Crippen LogP contribution in [-0.4, -0.2) is 22.8 Å². The molecular weight excluding hydrogens is 278 g/mol. The zero-order valence-corrected chi connectivity index (χ0v) is 12.0. The summed E-state index contributed by atoms with van der Waals surface area (Å²) in [6, 6.07) is 8.21. The van der Waals surface area contributed by atoms with E-state index in [1.807, 2.05) is 18.2 Å². The van der Waals surface area contributed by atoms with Crippen molar-refractivity contribution in [3.05, 3.63) is 34.3 Å². The van der Waals surface area contributed by atoms with E-state index in [4.69, 9.17) is 0 Å². The number of carbonyl (C=O) groups is 1. The summed E-state index contributed by atoms with van der Waals surface area (Å²) < 4.78 is 1.12. The molecule has 0 atom stereocenters. The van der Waals surface area contributed by atoms with Crippen LogP contribution in [0.4, 0.5) is 0 Å². The number of halogens is 1. The largest absolute Gasteiger partial charge is 0.298 e. The number of rotatable bonds is 2. The monoisotopic (exact) mass is 295 g/mol. The first-order valence-electron chi connectivity index (χ1n) is 5.99. The summed E-state index contributed by atoms with van der Waals surface area (Å²) in [5, 5.41) is 0. The van der Waals surface area contributed by atoms with Crippen molar-refractivity contribution >= 4 is 21.7 Å². The van der Waals surface area contributed by atoms with Crippen molar-refractivity contribution in [1.29, 1.82) is 0 Å². The minimum absolute atomic E-state index is 0.114. The molecule has 1 aromatic rings. The molecule has 2 rings (SSSR count). The maximum Gasteiger partial charge on any atom is 0.146 e. The van der Waals surface area contributed by atoms with Gasteiger partial charge in [0.2, 0.25) is 0 Å². The number of likely N-dealkylation sites (tertiary alicyclic amines) is 1. The lowest BCUT2D eigenvalue weighted by molar-refractivity contribution is -0.126. The molecule has 0 amide bonds. The second-order valence-electron chi connectivity index (χ2n) is 5.30. The summed E-state index contributed by atoms with van der Waals surface area (Å²) in [6.45, 7) is 5.85. The zero-order valence-electron chi connectivity index (χ0n) is 10.4. The summed E-state index contributed by atoms with van der Waals surface area (Å²) in [4.78, 5) is 13.9. The highest BCUT2D eigenvalue weighted by Crippen LogP contribution is 2.29. The smallest absolute Gasteiger partial charge is 0.146 e. The molecule has 0 aromatic heterocycles. The first-order chi connectivity index (χ1) is 7.99. The van der Waals surface area contributed by atoms with Gasteiger partial charge in [0.25, 0.3) is 0 Å². The molecule has 1 saturated heterocycles. The van der Waals surface area contributed by atoms with Gasteiger partial charge in [0.05, 0.1) is 6.54 Å². The van der Waals surface area contributed by atoms with E-state index in [9.17, 15) is 4.79 Å². The highest BCUT2D eigenvalue weighted by atomic mass is 79.9. The first kappa shape index (κ1) is 12.8. The summed E-state index contributed by atoms with van der Waals surface area (Å²) in [5.74, 6) is 0.358. The Hall–Kier alpha value is -0.670. The molecule has 0 radical (unpaired) electrons. The average molecular weight is 296 g/mol. The number of Topliss-reactive ketones (excluding diaryl/α,β-unsaturated/α-hetero) is 1. The second kappa shape index (κ2) is 4.91. The molecule has 1 fully saturated rings. The molecule has 92 valence electrons. The van der Waals surface area contributed by atoms with E-state index in [2.05, 4.69) is 40.7 Å². The van der Waals surface area contributed by atoms with Crippen LogP contribution in [0, 0.1) is 0 Å². The maximum atomic E-state index is 11.6. The van der Waals surface area contributed by atoms with Gasteiger partial charge in [-0.15, -0.1) is 0 Å². The first-order valence-corrected chi connectivity index (χ1v) is 6.78. The lowest BCUT2D eigenvalue weighted by Crippen LogP contribution is -2.50. The van der Waals surface area contributed by atoms with E-state index in [0.717, 1.165) is 23.9 Å². The number of hydrogen-bond donors (Lipinski definition) is 0. The highest BCUT2D eigenvalue weighted by Gasteiger charge is 2.33. The molecule has 0 bridgehead atoms. The molecule has 0 spiro atoms. The molecule has 1 aliphatic heterocycles. The third-order valence-corrected chi connectivity index (χ3v) is 4.33. The summed E-state index contributed by atoms with van der Waals surface area (Å²) in [7, 11) is 0. The van der Waals surface area contributed by atoms with Gasteiger partial charge in [-0.1, -0.05) is 34.1 Å². The Bertz CT molecular complexity index is 428. The molecule has 0 N–H and O–H groups in total. The maximum absolute atomic E-state index is 11.6. The molecule has 3 heteroatoms. The summed E-state index contributed by atoms with van der Waals surface area (Å²) in [5.41, 5.74) is 1.36. The van der Waals surface area contributed by atoms with Crippen molar-refractivity contribution in [2.24, 2.45) is 0 Å². The lowest BCUT2D eigenvalue weighted by atomic mass is 9.89. The van der Waals surface area contributed by atoms with Crippen molar-refractivity contribution in [2.45, 2.75) is 38.8 Å². The Morgan fingerprint density at radius 2 is 2.06 bits per heavy atom. The van der Waals surface area contributed by atoms with Gasteiger partial charge < -0.3 is 0 Å². The molecule has 17 heavy (non-hydrogen) atoms. The minimum atomic E-state index is 0.114. The van der Waals surface area contributed by atoms with Crippen LogP contribution >= 0.6 is 15.9 Å². The van der Waals surface area contributed by atoms with Crippen LogP contribution in [0.5, 0.6) is 0 Å². The van der Waals surface area contributed by atoms with Crippen LogP contribution < -0.4 is 0 Å². The van der Waals surface area contributed by atoms with Gasteiger partial charge in [0, 0.05) is 23.0 Å². The molecule has 0 aliphatic carbocycles. The van der Waals surface area contributed by atoms with Gasteiger partial charge >= 0.3 is 0 Å². The number of benzene rings is 1. The summed E-state index contributed by atoms with van der Waals surface area (Å²) >= 11 is 3.56. The van der Waals surface area contributed by atoms with Crippen molar-refractivity contribution in [2.75, 3.05) is 6.54 Å². The van der Waals surface area contributed by atoms with E-state index in [1.54, 1.807) is 0 Å². The van der Waals surface area contributed by atoms with Crippen LogP contribution in [0.25, 0.3) is 0 Å². The number of ketones is 1. The van der Waals surface area contributed by atoms with Crippen LogP contribution in [0.15, 0.2) is 28.7 Å². The Labute approximate surface area is 111 Å². The van der Waals surface area contributed by atoms with E-state index >= 15 is 0 Å². The quantitative estimate of drug-likeness (QED) is 0.833. The fourth-order valence-corrected chi connectivity index (χ4v) is 2.62. The molecule has 0 saturated carbocycles. The lowest BCUT2D eigenvalue weighted by Gasteiger charge is -2.41. The van der Waals surface area contributed by atoms with Crippen molar-refractivity contribution in [3.8, 4) is 0 Å². The normalized spacial score (nSPS) is 20.5. The fraction of sp³-hybridized carbons (Fsp3) is 0.500. The fourth-order valence-electron chi connectivity index (χ4n) is 2.21. The van der Waals surface area contributed by atoms with Crippen LogP contribution in [0.2, 0.25) is 0 Å². The van der Waals surface area contributed by atoms with Gasteiger partial charge in [-0.05, 0) is 31.9 Å². The van der Waals surface area contributed by atoms with Gasteiger partial charge in [0.15, 0.2) is 0 Å². The number of carbonyl (C=O) groups excluding carboxylic acids is 1. The van der Waals surface area contributed by atoms with E-state index in [0.29, 0.717) is 12.3 Å². The van der Waals surface area contributed by atoms with Crippen LogP contribution in [-0.2, 0) is 11.3 Å².